The van der Waals surface area contributed by atoms with Gasteiger partial charge in [0.15, 0.2) is 0 Å². The molecule has 2 aromatic rings. The third kappa shape index (κ3) is 2.29. The molecular weight excluding hydrogens is 252 g/mol. The predicted octanol–water partition coefficient (Wildman–Crippen LogP) is 2.66. The zero-order chi connectivity index (χ0) is 14.1. The first-order chi connectivity index (χ1) is 9.67. The van der Waals surface area contributed by atoms with E-state index in [1.165, 1.54) is 23.9 Å². The Balaban J connectivity index is 1.82. The zero-order valence-electron chi connectivity index (χ0n) is 11.5. The number of carbonyl (C=O) groups is 1. The SMILES string of the molecule is COC(=O)c1cc2c([nH]1)CCC2Cc1cccc(N)c1. The van der Waals surface area contributed by atoms with Crippen molar-refractivity contribution in [2.24, 2.45) is 0 Å². The number of H-pyrrole nitrogens is 1. The van der Waals surface area contributed by atoms with Gasteiger partial charge in [-0.05, 0) is 54.5 Å². The molecule has 0 bridgehead atoms. The van der Waals surface area contributed by atoms with Crippen molar-refractivity contribution in [1.29, 1.82) is 0 Å². The molecule has 3 N–H and O–H groups in total. The summed E-state index contributed by atoms with van der Waals surface area (Å²) in [6.07, 6.45) is 3.05. The molecule has 0 fully saturated rings. The molecule has 4 nitrogen and oxygen atoms in total. The number of aromatic nitrogens is 1. The number of nitrogen functional groups attached to an aromatic ring is 1. The molecule has 0 spiro atoms. The Kier molecular flexibility index (Phi) is 3.22. The van der Waals surface area contributed by atoms with Gasteiger partial charge in [-0.15, -0.1) is 0 Å². The fraction of sp³-hybridized carbons (Fsp3) is 0.312. The molecule has 1 aromatic carbocycles. The third-order valence-corrected chi connectivity index (χ3v) is 3.95. The van der Waals surface area contributed by atoms with Crippen LogP contribution >= 0.6 is 0 Å². The highest BCUT2D eigenvalue weighted by atomic mass is 16.5. The molecule has 20 heavy (non-hydrogen) atoms. The maximum absolute atomic E-state index is 11.6. The van der Waals surface area contributed by atoms with Crippen LogP contribution in [-0.2, 0) is 17.6 Å². The summed E-state index contributed by atoms with van der Waals surface area (Å²) in [6.45, 7) is 0. The fourth-order valence-electron chi connectivity index (χ4n) is 3.00. The molecule has 1 unspecified atom stereocenters. The van der Waals surface area contributed by atoms with Crippen LogP contribution in [0.15, 0.2) is 30.3 Å². The summed E-state index contributed by atoms with van der Waals surface area (Å²) in [7, 11) is 1.40. The Labute approximate surface area is 117 Å². The van der Waals surface area contributed by atoms with Gasteiger partial charge in [-0.2, -0.15) is 0 Å². The summed E-state index contributed by atoms with van der Waals surface area (Å²) in [4.78, 5) is 14.7. The highest BCUT2D eigenvalue weighted by molar-refractivity contribution is 5.88. The number of esters is 1. The van der Waals surface area contributed by atoms with E-state index in [1.54, 1.807) is 0 Å². The quantitative estimate of drug-likeness (QED) is 0.665. The van der Waals surface area contributed by atoms with Gasteiger partial charge in [-0.25, -0.2) is 4.79 Å². The van der Waals surface area contributed by atoms with Crippen LogP contribution in [-0.4, -0.2) is 18.1 Å². The van der Waals surface area contributed by atoms with Crippen LogP contribution in [0.4, 0.5) is 5.69 Å². The average Bonchev–Trinajstić information content (AvgIpc) is 3.00. The van der Waals surface area contributed by atoms with Crippen LogP contribution < -0.4 is 5.73 Å². The van der Waals surface area contributed by atoms with Gasteiger partial charge in [0, 0.05) is 11.4 Å². The molecule has 1 aromatic heterocycles. The van der Waals surface area contributed by atoms with Crippen molar-refractivity contribution in [3.05, 3.63) is 52.8 Å². The molecular formula is C16H18N2O2. The Morgan fingerprint density at radius 1 is 1.45 bits per heavy atom. The molecule has 0 saturated heterocycles. The molecule has 1 atom stereocenters. The fourth-order valence-corrected chi connectivity index (χ4v) is 3.00. The number of benzene rings is 1. The van der Waals surface area contributed by atoms with Crippen LogP contribution in [0.3, 0.4) is 0 Å². The molecule has 104 valence electrons. The van der Waals surface area contributed by atoms with E-state index in [0.29, 0.717) is 11.6 Å². The van der Waals surface area contributed by atoms with Crippen molar-refractivity contribution in [2.75, 3.05) is 12.8 Å². The van der Waals surface area contributed by atoms with Crippen molar-refractivity contribution >= 4 is 11.7 Å². The van der Waals surface area contributed by atoms with Gasteiger partial charge >= 0.3 is 5.97 Å². The second-order valence-corrected chi connectivity index (χ2v) is 5.29. The van der Waals surface area contributed by atoms with Gasteiger partial charge in [0.25, 0.3) is 0 Å². The number of nitrogens with one attached hydrogen (secondary N) is 1. The smallest absolute Gasteiger partial charge is 0.354 e. The second kappa shape index (κ2) is 5.04. The molecule has 0 radical (unpaired) electrons. The number of anilines is 1. The number of rotatable bonds is 3. The highest BCUT2D eigenvalue weighted by Crippen LogP contribution is 2.36. The number of aromatic amines is 1. The summed E-state index contributed by atoms with van der Waals surface area (Å²) in [6, 6.07) is 9.94. The van der Waals surface area contributed by atoms with E-state index in [1.807, 2.05) is 24.3 Å². The lowest BCUT2D eigenvalue weighted by Crippen LogP contribution is -2.03. The van der Waals surface area contributed by atoms with Crippen LogP contribution in [0.2, 0.25) is 0 Å². The van der Waals surface area contributed by atoms with Crippen molar-refractivity contribution in [2.45, 2.75) is 25.2 Å². The van der Waals surface area contributed by atoms with Gasteiger partial charge in [0.1, 0.15) is 5.69 Å². The first-order valence-corrected chi connectivity index (χ1v) is 6.82. The van der Waals surface area contributed by atoms with Crippen molar-refractivity contribution in [1.82, 2.24) is 4.98 Å². The monoisotopic (exact) mass is 270 g/mol. The molecule has 0 saturated carbocycles. The van der Waals surface area contributed by atoms with Gasteiger partial charge < -0.3 is 15.5 Å². The van der Waals surface area contributed by atoms with Gasteiger partial charge in [-0.1, -0.05) is 12.1 Å². The lowest BCUT2D eigenvalue weighted by Gasteiger charge is -2.10. The lowest BCUT2D eigenvalue weighted by atomic mass is 9.94. The van der Waals surface area contributed by atoms with E-state index in [4.69, 9.17) is 10.5 Å². The minimum Gasteiger partial charge on any atom is -0.464 e. The topological polar surface area (TPSA) is 68.1 Å². The summed E-state index contributed by atoms with van der Waals surface area (Å²) >= 11 is 0. The Bertz CT molecular complexity index is 646. The normalized spacial score (nSPS) is 16.9. The lowest BCUT2D eigenvalue weighted by molar-refractivity contribution is 0.0594. The maximum Gasteiger partial charge on any atom is 0.354 e. The number of aryl methyl sites for hydroxylation is 1. The van der Waals surface area contributed by atoms with Crippen LogP contribution in [0.1, 0.15) is 39.6 Å². The first kappa shape index (κ1) is 12.8. The Hall–Kier alpha value is -2.23. The molecule has 3 rings (SSSR count). The van der Waals surface area contributed by atoms with E-state index in [2.05, 4.69) is 11.1 Å². The predicted molar refractivity (Wildman–Crippen MR) is 77.8 cm³/mol. The van der Waals surface area contributed by atoms with E-state index < -0.39 is 0 Å². The summed E-state index contributed by atoms with van der Waals surface area (Å²) in [5.41, 5.74) is 10.8. The maximum atomic E-state index is 11.6. The average molecular weight is 270 g/mol. The summed E-state index contributed by atoms with van der Waals surface area (Å²) in [5, 5.41) is 0. The number of methoxy groups -OCH3 is 1. The first-order valence-electron chi connectivity index (χ1n) is 6.82. The number of fused-ring (bicyclic) bond motifs is 1. The van der Waals surface area contributed by atoms with E-state index >= 15 is 0 Å². The zero-order valence-corrected chi connectivity index (χ0v) is 11.5. The van der Waals surface area contributed by atoms with E-state index in [-0.39, 0.29) is 5.97 Å². The minimum atomic E-state index is -0.304. The van der Waals surface area contributed by atoms with Gasteiger partial charge in [-0.3, -0.25) is 0 Å². The van der Waals surface area contributed by atoms with Crippen molar-refractivity contribution < 1.29 is 9.53 Å². The summed E-state index contributed by atoms with van der Waals surface area (Å²) in [5.74, 6) is 0.142. The molecule has 1 heterocycles. The van der Waals surface area contributed by atoms with Gasteiger partial charge in [0.05, 0.1) is 7.11 Å². The highest BCUT2D eigenvalue weighted by Gasteiger charge is 2.26. The number of nitrogens with two attached hydrogens (primary N) is 1. The van der Waals surface area contributed by atoms with Gasteiger partial charge in [0.2, 0.25) is 0 Å². The molecule has 0 amide bonds. The van der Waals surface area contributed by atoms with Crippen molar-refractivity contribution in [3.8, 4) is 0 Å². The standard InChI is InChI=1S/C16H18N2O2/c1-20-16(19)15-9-13-11(5-6-14(13)18-15)7-10-3-2-4-12(17)8-10/h2-4,8-9,11,18H,5-7,17H2,1H3. The Morgan fingerprint density at radius 2 is 2.30 bits per heavy atom. The molecule has 1 aliphatic carbocycles. The van der Waals surface area contributed by atoms with E-state index in [9.17, 15) is 4.79 Å². The molecule has 0 aliphatic heterocycles. The van der Waals surface area contributed by atoms with Crippen LogP contribution in [0, 0.1) is 0 Å². The van der Waals surface area contributed by atoms with Crippen LogP contribution in [0.5, 0.6) is 0 Å². The van der Waals surface area contributed by atoms with E-state index in [0.717, 1.165) is 24.9 Å². The van der Waals surface area contributed by atoms with Crippen LogP contribution in [0.25, 0.3) is 0 Å². The number of hydrogen-bond donors (Lipinski definition) is 2. The molecule has 4 heteroatoms. The number of ether oxygens (including phenoxy) is 1. The third-order valence-electron chi connectivity index (χ3n) is 3.95. The largest absolute Gasteiger partial charge is 0.464 e. The van der Waals surface area contributed by atoms with Crippen molar-refractivity contribution in [3.63, 3.8) is 0 Å². The Morgan fingerprint density at radius 3 is 3.05 bits per heavy atom. The minimum absolute atomic E-state index is 0.304. The summed E-state index contributed by atoms with van der Waals surface area (Å²) < 4.78 is 4.76. The second-order valence-electron chi connectivity index (χ2n) is 5.29. The number of hydrogen-bond acceptors (Lipinski definition) is 3. The molecule has 1 aliphatic rings. The number of carbonyl (C=O) groups excluding carboxylic acids is 1.